The number of ether oxygens (including phenoxy) is 1. The molecule has 0 bridgehead atoms. The van der Waals surface area contributed by atoms with Crippen LogP contribution in [0.1, 0.15) is 17.9 Å². The van der Waals surface area contributed by atoms with Crippen molar-refractivity contribution in [1.82, 2.24) is 0 Å². The van der Waals surface area contributed by atoms with Gasteiger partial charge in [0.15, 0.2) is 0 Å². The summed E-state index contributed by atoms with van der Waals surface area (Å²) in [6.45, 7) is 0. The Hall–Kier alpha value is -1.59. The molecule has 1 rings (SSSR count). The van der Waals surface area contributed by atoms with Gasteiger partial charge in [-0.05, 0) is 17.7 Å². The monoisotopic (exact) mass is 250 g/mol. The Bertz CT molecular complexity index is 383. The second-order valence-corrected chi connectivity index (χ2v) is 3.45. The summed E-state index contributed by atoms with van der Waals surface area (Å²) >= 11 is 0. The van der Waals surface area contributed by atoms with E-state index in [1.165, 1.54) is 0 Å². The highest BCUT2D eigenvalue weighted by Gasteiger charge is 2.36. The van der Waals surface area contributed by atoms with E-state index in [0.717, 1.165) is 31.4 Å². The lowest BCUT2D eigenvalue weighted by atomic mass is 9.95. The van der Waals surface area contributed by atoms with Crippen molar-refractivity contribution in [2.75, 3.05) is 7.11 Å². The maximum Gasteiger partial charge on any atom is 0.390 e. The van der Waals surface area contributed by atoms with Gasteiger partial charge in [-0.25, -0.2) is 4.39 Å². The van der Waals surface area contributed by atoms with Gasteiger partial charge in [0.25, 0.3) is 0 Å². The minimum absolute atomic E-state index is 0.0792. The van der Waals surface area contributed by atoms with Crippen LogP contribution in [0, 0.1) is 5.82 Å². The standard InChI is InChI=1S/C11H10F4O2/c1-17-10(16)9(6-11(13,14)15)7-2-4-8(12)5-3-7/h2-5,9H,6H2,1H3. The van der Waals surface area contributed by atoms with Crippen LogP contribution in [-0.4, -0.2) is 19.3 Å². The topological polar surface area (TPSA) is 26.3 Å². The van der Waals surface area contributed by atoms with Crippen LogP contribution in [0.4, 0.5) is 17.6 Å². The molecule has 1 aromatic rings. The Morgan fingerprint density at radius 2 is 1.82 bits per heavy atom. The van der Waals surface area contributed by atoms with Crippen LogP contribution >= 0.6 is 0 Å². The predicted octanol–water partition coefficient (Wildman–Crippen LogP) is 3.03. The van der Waals surface area contributed by atoms with E-state index in [9.17, 15) is 22.4 Å². The van der Waals surface area contributed by atoms with Crippen molar-refractivity contribution >= 4 is 5.97 Å². The number of hydrogen-bond donors (Lipinski definition) is 0. The van der Waals surface area contributed by atoms with E-state index < -0.39 is 30.3 Å². The number of benzene rings is 1. The molecule has 1 aromatic carbocycles. The van der Waals surface area contributed by atoms with E-state index in [1.54, 1.807) is 0 Å². The molecule has 2 nitrogen and oxygen atoms in total. The first kappa shape index (κ1) is 13.5. The average molecular weight is 250 g/mol. The summed E-state index contributed by atoms with van der Waals surface area (Å²) in [6.07, 6.45) is -5.82. The molecule has 0 aliphatic rings. The molecule has 94 valence electrons. The molecule has 0 spiro atoms. The van der Waals surface area contributed by atoms with Gasteiger partial charge in [-0.2, -0.15) is 13.2 Å². The number of carbonyl (C=O) groups excluding carboxylic acids is 1. The number of rotatable bonds is 3. The molecule has 0 radical (unpaired) electrons. The Morgan fingerprint density at radius 1 is 1.29 bits per heavy atom. The second-order valence-electron chi connectivity index (χ2n) is 3.45. The molecular formula is C11H10F4O2. The predicted molar refractivity (Wildman–Crippen MR) is 51.8 cm³/mol. The number of carbonyl (C=O) groups is 1. The maximum atomic E-state index is 12.6. The molecule has 6 heteroatoms. The summed E-state index contributed by atoms with van der Waals surface area (Å²) in [5.41, 5.74) is 0.0792. The first-order valence-electron chi connectivity index (χ1n) is 4.73. The second kappa shape index (κ2) is 5.16. The summed E-state index contributed by atoms with van der Waals surface area (Å²) < 4.78 is 53.8. The van der Waals surface area contributed by atoms with Crippen LogP contribution in [0.2, 0.25) is 0 Å². The molecule has 0 amide bonds. The Morgan fingerprint density at radius 3 is 2.24 bits per heavy atom. The zero-order valence-corrected chi connectivity index (χ0v) is 8.92. The van der Waals surface area contributed by atoms with Crippen LogP contribution in [-0.2, 0) is 9.53 Å². The van der Waals surface area contributed by atoms with Crippen molar-refractivity contribution < 1.29 is 27.1 Å². The van der Waals surface area contributed by atoms with Gasteiger partial charge >= 0.3 is 12.1 Å². The molecular weight excluding hydrogens is 240 g/mol. The maximum absolute atomic E-state index is 12.6. The zero-order chi connectivity index (χ0) is 13.1. The largest absolute Gasteiger partial charge is 0.469 e. The summed E-state index contributed by atoms with van der Waals surface area (Å²) in [4.78, 5) is 11.3. The van der Waals surface area contributed by atoms with Crippen molar-refractivity contribution in [1.29, 1.82) is 0 Å². The molecule has 0 N–H and O–H groups in total. The minimum atomic E-state index is -4.49. The fraction of sp³-hybridized carbons (Fsp3) is 0.364. The number of alkyl halides is 3. The molecule has 0 fully saturated rings. The van der Waals surface area contributed by atoms with E-state index in [4.69, 9.17) is 0 Å². The first-order valence-corrected chi connectivity index (χ1v) is 4.73. The van der Waals surface area contributed by atoms with E-state index in [-0.39, 0.29) is 5.56 Å². The zero-order valence-electron chi connectivity index (χ0n) is 8.92. The third-order valence-corrected chi connectivity index (χ3v) is 2.19. The first-order chi connectivity index (χ1) is 7.83. The average Bonchev–Trinajstić information content (AvgIpc) is 2.25. The lowest BCUT2D eigenvalue weighted by molar-refractivity contribution is -0.159. The van der Waals surface area contributed by atoms with E-state index in [0.29, 0.717) is 0 Å². The van der Waals surface area contributed by atoms with Crippen LogP contribution in [0.3, 0.4) is 0 Å². The van der Waals surface area contributed by atoms with Crippen molar-refractivity contribution in [2.45, 2.75) is 18.5 Å². The summed E-state index contributed by atoms with van der Waals surface area (Å²) in [5, 5.41) is 0. The molecule has 1 unspecified atom stereocenters. The van der Waals surface area contributed by atoms with Crippen molar-refractivity contribution in [3.63, 3.8) is 0 Å². The van der Waals surface area contributed by atoms with Gasteiger partial charge in [0, 0.05) is 0 Å². The third kappa shape index (κ3) is 4.05. The van der Waals surface area contributed by atoms with Crippen LogP contribution in [0.15, 0.2) is 24.3 Å². The Labute approximate surface area is 95.2 Å². The van der Waals surface area contributed by atoms with Crippen molar-refractivity contribution in [3.8, 4) is 0 Å². The number of esters is 1. The van der Waals surface area contributed by atoms with Crippen LogP contribution < -0.4 is 0 Å². The Balaban J connectivity index is 2.98. The number of halogens is 4. The van der Waals surface area contributed by atoms with E-state index in [2.05, 4.69) is 4.74 Å². The summed E-state index contributed by atoms with van der Waals surface area (Å²) in [6, 6.07) is 4.29. The smallest absolute Gasteiger partial charge is 0.390 e. The van der Waals surface area contributed by atoms with Crippen molar-refractivity contribution in [2.24, 2.45) is 0 Å². The quantitative estimate of drug-likeness (QED) is 0.608. The SMILES string of the molecule is COC(=O)C(CC(F)(F)F)c1ccc(F)cc1. The van der Waals surface area contributed by atoms with Crippen molar-refractivity contribution in [3.05, 3.63) is 35.6 Å². The molecule has 0 aliphatic heterocycles. The minimum Gasteiger partial charge on any atom is -0.469 e. The highest BCUT2D eigenvalue weighted by atomic mass is 19.4. The third-order valence-electron chi connectivity index (χ3n) is 2.19. The van der Waals surface area contributed by atoms with Gasteiger partial charge in [-0.15, -0.1) is 0 Å². The normalized spacial score (nSPS) is 13.2. The molecule has 1 atom stereocenters. The van der Waals surface area contributed by atoms with Gasteiger partial charge in [-0.3, -0.25) is 4.79 Å². The van der Waals surface area contributed by atoms with Gasteiger partial charge in [0.05, 0.1) is 19.4 Å². The van der Waals surface area contributed by atoms with Gasteiger partial charge in [0.1, 0.15) is 5.82 Å². The van der Waals surface area contributed by atoms with Crippen LogP contribution in [0.25, 0.3) is 0 Å². The fourth-order valence-electron chi connectivity index (χ4n) is 1.41. The lowest BCUT2D eigenvalue weighted by Gasteiger charge is -2.16. The molecule has 0 aliphatic carbocycles. The molecule has 17 heavy (non-hydrogen) atoms. The lowest BCUT2D eigenvalue weighted by Crippen LogP contribution is -2.22. The van der Waals surface area contributed by atoms with Gasteiger partial charge < -0.3 is 4.74 Å². The molecule has 0 saturated carbocycles. The van der Waals surface area contributed by atoms with Crippen LogP contribution in [0.5, 0.6) is 0 Å². The highest BCUT2D eigenvalue weighted by molar-refractivity contribution is 5.78. The number of hydrogen-bond acceptors (Lipinski definition) is 2. The van der Waals surface area contributed by atoms with Gasteiger partial charge in [-0.1, -0.05) is 12.1 Å². The summed E-state index contributed by atoms with van der Waals surface area (Å²) in [5.74, 6) is -3.03. The molecule has 0 heterocycles. The van der Waals surface area contributed by atoms with E-state index >= 15 is 0 Å². The Kier molecular flexibility index (Phi) is 4.09. The molecule has 0 aromatic heterocycles. The van der Waals surface area contributed by atoms with Gasteiger partial charge in [0.2, 0.25) is 0 Å². The fourth-order valence-corrected chi connectivity index (χ4v) is 1.41. The van der Waals surface area contributed by atoms with E-state index in [1.807, 2.05) is 0 Å². The highest BCUT2D eigenvalue weighted by Crippen LogP contribution is 2.32. The number of methoxy groups -OCH3 is 1. The summed E-state index contributed by atoms with van der Waals surface area (Å²) in [7, 11) is 1.01. The molecule has 0 saturated heterocycles.